The molecule has 0 aliphatic carbocycles. The Kier molecular flexibility index (Phi) is 7.24. The first-order valence-corrected chi connectivity index (χ1v) is 7.97. The van der Waals surface area contributed by atoms with Crippen LogP contribution in [0.1, 0.15) is 45.2 Å². The van der Waals surface area contributed by atoms with E-state index in [9.17, 15) is 4.79 Å². The first-order chi connectivity index (χ1) is 9.43. The molecule has 1 rings (SSSR count). The molecule has 0 aliphatic rings. The Labute approximate surface area is 130 Å². The molecule has 0 bridgehead atoms. The van der Waals surface area contributed by atoms with Crippen LogP contribution in [0.3, 0.4) is 0 Å². The predicted molar refractivity (Wildman–Crippen MR) is 87.3 cm³/mol. The second-order valence-electron chi connectivity index (χ2n) is 5.75. The highest BCUT2D eigenvalue weighted by Crippen LogP contribution is 2.23. The van der Waals surface area contributed by atoms with Crippen LogP contribution in [0.15, 0.2) is 28.7 Å². The van der Waals surface area contributed by atoms with Gasteiger partial charge < -0.3 is 11.1 Å². The van der Waals surface area contributed by atoms with E-state index in [0.717, 1.165) is 16.5 Å². The molecule has 1 amide bonds. The molecule has 0 spiro atoms. The van der Waals surface area contributed by atoms with Crippen molar-refractivity contribution in [3.8, 4) is 0 Å². The van der Waals surface area contributed by atoms with E-state index >= 15 is 0 Å². The van der Waals surface area contributed by atoms with Crippen LogP contribution in [-0.2, 0) is 4.79 Å². The van der Waals surface area contributed by atoms with Crippen LogP contribution in [0.4, 0.5) is 0 Å². The van der Waals surface area contributed by atoms with Crippen molar-refractivity contribution < 1.29 is 4.79 Å². The molecule has 3 N–H and O–H groups in total. The van der Waals surface area contributed by atoms with Gasteiger partial charge in [0.1, 0.15) is 0 Å². The lowest BCUT2D eigenvalue weighted by Gasteiger charge is -2.20. The van der Waals surface area contributed by atoms with Gasteiger partial charge in [-0.25, -0.2) is 0 Å². The highest BCUT2D eigenvalue weighted by atomic mass is 79.9. The fraction of sp³-hybridized carbons (Fsp3) is 0.562. The summed E-state index contributed by atoms with van der Waals surface area (Å²) < 4.78 is 1.02. The zero-order chi connectivity index (χ0) is 15.1. The summed E-state index contributed by atoms with van der Waals surface area (Å²) in [5.41, 5.74) is 6.84. The van der Waals surface area contributed by atoms with Crippen molar-refractivity contribution in [1.29, 1.82) is 0 Å². The van der Waals surface area contributed by atoms with Gasteiger partial charge in [-0.15, -0.1) is 0 Å². The molecule has 4 heteroatoms. The highest BCUT2D eigenvalue weighted by Gasteiger charge is 2.17. The van der Waals surface area contributed by atoms with Crippen molar-refractivity contribution in [3.63, 3.8) is 0 Å². The van der Waals surface area contributed by atoms with E-state index in [1.807, 2.05) is 31.2 Å². The van der Waals surface area contributed by atoms with Gasteiger partial charge in [-0.1, -0.05) is 48.0 Å². The van der Waals surface area contributed by atoms with E-state index in [0.29, 0.717) is 18.9 Å². The van der Waals surface area contributed by atoms with Gasteiger partial charge in [-0.2, -0.15) is 0 Å². The SMILES string of the molecule is CC(C)CC(CN)CC(=O)NC(C)c1ccccc1Br. The van der Waals surface area contributed by atoms with E-state index < -0.39 is 0 Å². The van der Waals surface area contributed by atoms with Crippen molar-refractivity contribution in [1.82, 2.24) is 5.32 Å². The van der Waals surface area contributed by atoms with Gasteiger partial charge in [0, 0.05) is 10.9 Å². The Bertz CT molecular complexity index is 434. The van der Waals surface area contributed by atoms with Crippen LogP contribution in [0.25, 0.3) is 0 Å². The van der Waals surface area contributed by atoms with Gasteiger partial charge in [0.15, 0.2) is 0 Å². The number of halogens is 1. The Morgan fingerprint density at radius 2 is 1.95 bits per heavy atom. The van der Waals surface area contributed by atoms with Crippen molar-refractivity contribution in [2.24, 2.45) is 17.6 Å². The van der Waals surface area contributed by atoms with Crippen LogP contribution >= 0.6 is 15.9 Å². The summed E-state index contributed by atoms with van der Waals surface area (Å²) in [6, 6.07) is 7.94. The molecule has 2 atom stereocenters. The first-order valence-electron chi connectivity index (χ1n) is 7.17. The molecule has 0 saturated heterocycles. The first kappa shape index (κ1) is 17.2. The summed E-state index contributed by atoms with van der Waals surface area (Å²) in [5.74, 6) is 0.905. The molecular formula is C16H25BrN2O. The van der Waals surface area contributed by atoms with Gasteiger partial charge in [0.25, 0.3) is 0 Å². The summed E-state index contributed by atoms with van der Waals surface area (Å²) in [6.07, 6.45) is 1.50. The van der Waals surface area contributed by atoms with Gasteiger partial charge in [0.2, 0.25) is 5.91 Å². The molecule has 1 aromatic carbocycles. The summed E-state index contributed by atoms with van der Waals surface area (Å²) in [4.78, 5) is 12.1. The summed E-state index contributed by atoms with van der Waals surface area (Å²) in [6.45, 7) is 6.88. The van der Waals surface area contributed by atoms with E-state index in [1.54, 1.807) is 0 Å². The number of amides is 1. The van der Waals surface area contributed by atoms with Gasteiger partial charge >= 0.3 is 0 Å². The lowest BCUT2D eigenvalue weighted by atomic mass is 9.94. The predicted octanol–water partition coefficient (Wildman–Crippen LogP) is 3.64. The van der Waals surface area contributed by atoms with E-state index in [1.165, 1.54) is 0 Å². The van der Waals surface area contributed by atoms with Crippen molar-refractivity contribution in [2.45, 2.75) is 39.7 Å². The standard InChI is InChI=1S/C16H25BrN2O/c1-11(2)8-13(10-18)9-16(20)19-12(3)14-6-4-5-7-15(14)17/h4-7,11-13H,8-10,18H2,1-3H3,(H,19,20). The highest BCUT2D eigenvalue weighted by molar-refractivity contribution is 9.10. The second kappa shape index (κ2) is 8.42. The average molecular weight is 341 g/mol. The van der Waals surface area contributed by atoms with E-state index in [4.69, 9.17) is 5.73 Å². The maximum atomic E-state index is 12.1. The molecular weight excluding hydrogens is 316 g/mol. The van der Waals surface area contributed by atoms with Gasteiger partial charge in [0.05, 0.1) is 6.04 Å². The smallest absolute Gasteiger partial charge is 0.220 e. The summed E-state index contributed by atoms with van der Waals surface area (Å²) in [7, 11) is 0. The fourth-order valence-electron chi connectivity index (χ4n) is 2.40. The zero-order valence-electron chi connectivity index (χ0n) is 12.5. The van der Waals surface area contributed by atoms with Crippen LogP contribution < -0.4 is 11.1 Å². The number of nitrogens with two attached hydrogens (primary N) is 1. The normalized spacial score (nSPS) is 14.1. The monoisotopic (exact) mass is 340 g/mol. The van der Waals surface area contributed by atoms with Crippen LogP contribution in [0.2, 0.25) is 0 Å². The zero-order valence-corrected chi connectivity index (χ0v) is 14.1. The second-order valence-corrected chi connectivity index (χ2v) is 6.60. The molecule has 0 saturated carbocycles. The number of benzene rings is 1. The van der Waals surface area contributed by atoms with Crippen LogP contribution in [0.5, 0.6) is 0 Å². The van der Waals surface area contributed by atoms with Crippen molar-refractivity contribution >= 4 is 21.8 Å². The lowest BCUT2D eigenvalue weighted by molar-refractivity contribution is -0.122. The minimum absolute atomic E-state index is 0.00412. The Balaban J connectivity index is 2.55. The minimum atomic E-state index is -0.00412. The Morgan fingerprint density at radius 3 is 2.50 bits per heavy atom. The van der Waals surface area contributed by atoms with Crippen LogP contribution in [-0.4, -0.2) is 12.5 Å². The van der Waals surface area contributed by atoms with Crippen molar-refractivity contribution in [3.05, 3.63) is 34.3 Å². The Hall–Kier alpha value is -0.870. The van der Waals surface area contributed by atoms with Crippen molar-refractivity contribution in [2.75, 3.05) is 6.54 Å². The molecule has 3 nitrogen and oxygen atoms in total. The van der Waals surface area contributed by atoms with E-state index in [-0.39, 0.29) is 17.9 Å². The van der Waals surface area contributed by atoms with Gasteiger partial charge in [-0.05, 0) is 43.4 Å². The van der Waals surface area contributed by atoms with Gasteiger partial charge in [-0.3, -0.25) is 4.79 Å². The maximum Gasteiger partial charge on any atom is 0.220 e. The summed E-state index contributed by atoms with van der Waals surface area (Å²) >= 11 is 3.51. The molecule has 0 aliphatic heterocycles. The number of rotatable bonds is 7. The number of carbonyl (C=O) groups is 1. The Morgan fingerprint density at radius 1 is 1.30 bits per heavy atom. The molecule has 0 aromatic heterocycles. The molecule has 1 aromatic rings. The lowest BCUT2D eigenvalue weighted by Crippen LogP contribution is -2.31. The number of nitrogens with one attached hydrogen (secondary N) is 1. The number of carbonyl (C=O) groups excluding carboxylic acids is 1. The molecule has 0 heterocycles. The third-order valence-electron chi connectivity index (χ3n) is 3.36. The molecule has 0 radical (unpaired) electrons. The number of hydrogen-bond donors (Lipinski definition) is 2. The number of hydrogen-bond acceptors (Lipinski definition) is 2. The third-order valence-corrected chi connectivity index (χ3v) is 4.08. The minimum Gasteiger partial charge on any atom is -0.350 e. The molecule has 112 valence electrons. The summed E-state index contributed by atoms with van der Waals surface area (Å²) in [5, 5.41) is 3.05. The van der Waals surface area contributed by atoms with Crippen LogP contribution in [0, 0.1) is 11.8 Å². The molecule has 2 unspecified atom stereocenters. The fourth-order valence-corrected chi connectivity index (χ4v) is 3.02. The largest absolute Gasteiger partial charge is 0.350 e. The van der Waals surface area contributed by atoms with E-state index in [2.05, 4.69) is 35.1 Å². The molecule has 20 heavy (non-hydrogen) atoms. The average Bonchev–Trinajstić information content (AvgIpc) is 2.37. The quantitative estimate of drug-likeness (QED) is 0.796. The topological polar surface area (TPSA) is 55.1 Å². The third kappa shape index (κ3) is 5.63. The maximum absolute atomic E-state index is 12.1. The molecule has 0 fully saturated rings.